The zero-order chi connectivity index (χ0) is 5.11. The number of oxazole rings is 1. The minimum atomic E-state index is 0. The molecule has 0 saturated carbocycles. The van der Waals surface area contributed by atoms with Gasteiger partial charge >= 0.3 is 18.9 Å². The average Bonchev–Trinajstić information content (AvgIpc) is 2.14. The van der Waals surface area contributed by atoms with Gasteiger partial charge in [-0.3, -0.25) is 0 Å². The van der Waals surface area contributed by atoms with Crippen LogP contribution in [0.25, 0.3) is 0 Å². The molecule has 0 atom stereocenters. The molecule has 0 unspecified atom stereocenters. The summed E-state index contributed by atoms with van der Waals surface area (Å²) in [5.41, 5.74) is 0. The van der Waals surface area contributed by atoms with Crippen molar-refractivity contribution < 1.29 is 23.3 Å². The largest absolute Gasteiger partial charge is 1.00 e. The van der Waals surface area contributed by atoms with Crippen LogP contribution in [0.3, 0.4) is 0 Å². The molecule has 1 aromatic heterocycles. The Kier molecular flexibility index (Phi) is 4.16. The predicted octanol–water partition coefficient (Wildman–Crippen LogP) is -1.80. The van der Waals surface area contributed by atoms with Gasteiger partial charge in [0.25, 0.3) is 0 Å². The first-order valence-electron chi connectivity index (χ1n) is 1.79. The second-order valence-electron chi connectivity index (χ2n) is 0.948. The van der Waals surface area contributed by atoms with Gasteiger partial charge in [-0.1, -0.05) is 6.26 Å². The fourth-order valence-electron chi connectivity index (χ4n) is 0.277. The van der Waals surface area contributed by atoms with Crippen LogP contribution in [0.1, 0.15) is 0 Å². The Balaban J connectivity index is 0.000000490. The minimum absolute atomic E-state index is 0. The summed E-state index contributed by atoms with van der Waals surface area (Å²) in [5, 5.41) is 0.667. The molecule has 0 N–H and O–H groups in total. The Labute approximate surface area is 64.2 Å². The molecule has 4 heteroatoms. The molecule has 1 aromatic rings. The van der Waals surface area contributed by atoms with Crippen LogP contribution in [0, 0.1) is 6.26 Å². The van der Waals surface area contributed by atoms with E-state index in [0.717, 1.165) is 0 Å². The fourth-order valence-corrected chi connectivity index (χ4v) is 0.566. The third-order valence-electron chi connectivity index (χ3n) is 0.544. The Morgan fingerprint density at radius 3 is 2.88 bits per heavy atom. The Morgan fingerprint density at radius 1 is 1.88 bits per heavy atom. The molecule has 0 aliphatic rings. The first-order chi connectivity index (χ1) is 3.43. The number of rotatable bonds is 1. The van der Waals surface area contributed by atoms with E-state index in [2.05, 4.69) is 11.2 Å². The summed E-state index contributed by atoms with van der Waals surface area (Å²) in [6, 6.07) is 0. The monoisotopic (exact) mass is 121 g/mol. The van der Waals surface area contributed by atoms with Gasteiger partial charge in [0, 0.05) is 0 Å². The van der Waals surface area contributed by atoms with Crippen LogP contribution < -0.4 is 18.9 Å². The fraction of sp³-hybridized carbons (Fsp3) is 0.250. The summed E-state index contributed by atoms with van der Waals surface area (Å²) in [5.74, 6) is 0. The number of hydrogen-bond donors (Lipinski definition) is 0. The van der Waals surface area contributed by atoms with E-state index in [0.29, 0.717) is 5.22 Å². The van der Waals surface area contributed by atoms with Gasteiger partial charge in [-0.15, -0.1) is 0 Å². The van der Waals surface area contributed by atoms with Crippen LogP contribution in [0.2, 0.25) is 0 Å². The zero-order valence-electron chi connectivity index (χ0n) is 4.84. The normalized spacial score (nSPS) is 8.12. The Bertz CT molecular complexity index is 131. The molecule has 0 aliphatic heterocycles. The van der Waals surface area contributed by atoms with Crippen molar-refractivity contribution in [3.05, 3.63) is 12.5 Å². The number of nitrogens with zero attached hydrogens (tertiary/aromatic N) is 1. The molecule has 0 bridgehead atoms. The van der Waals surface area contributed by atoms with Crippen LogP contribution in [-0.2, 0) is 0 Å². The van der Waals surface area contributed by atoms with E-state index in [1.54, 1.807) is 0 Å². The van der Waals surface area contributed by atoms with E-state index >= 15 is 0 Å². The molecule has 8 heavy (non-hydrogen) atoms. The van der Waals surface area contributed by atoms with E-state index < -0.39 is 0 Å². The molecule has 0 spiro atoms. The molecule has 0 radical (unpaired) electrons. The predicted molar refractivity (Wildman–Crippen MR) is 27.1 cm³/mol. The summed E-state index contributed by atoms with van der Waals surface area (Å²) >= 11 is 1.47. The van der Waals surface area contributed by atoms with Gasteiger partial charge in [-0.2, -0.15) is 11.8 Å². The molecule has 1 rings (SSSR count). The van der Waals surface area contributed by atoms with E-state index in [9.17, 15) is 0 Å². The van der Waals surface area contributed by atoms with E-state index in [1.807, 2.05) is 6.26 Å². The standard InChI is InChI=1S/C4H4NOS.Li/c1-7-4-5-2-3-6-4;/h2H,1H3;/q-1;+1. The van der Waals surface area contributed by atoms with Crippen molar-refractivity contribution in [2.45, 2.75) is 5.22 Å². The van der Waals surface area contributed by atoms with Crippen LogP contribution in [0.15, 0.2) is 15.8 Å². The summed E-state index contributed by atoms with van der Waals surface area (Å²) in [6.45, 7) is 0. The second kappa shape index (κ2) is 4.08. The topological polar surface area (TPSA) is 26.0 Å². The molecule has 0 amide bonds. The maximum absolute atomic E-state index is 4.71. The number of thioether (sulfide) groups is 1. The maximum atomic E-state index is 4.71. The van der Waals surface area contributed by atoms with Crippen molar-refractivity contribution in [3.8, 4) is 0 Å². The molecule has 0 aromatic carbocycles. The SMILES string of the molecule is CSc1nc[c-]o1.[Li+]. The van der Waals surface area contributed by atoms with E-state index in [1.165, 1.54) is 18.0 Å². The van der Waals surface area contributed by atoms with Gasteiger partial charge in [0.2, 0.25) is 0 Å². The zero-order valence-corrected chi connectivity index (χ0v) is 5.66. The summed E-state index contributed by atoms with van der Waals surface area (Å²) in [7, 11) is 0. The van der Waals surface area contributed by atoms with Crippen LogP contribution >= 0.6 is 11.8 Å². The molecule has 0 fully saturated rings. The van der Waals surface area contributed by atoms with Gasteiger partial charge in [0.05, 0.1) is 5.22 Å². The smallest absolute Gasteiger partial charge is 0.623 e. The average molecular weight is 121 g/mol. The van der Waals surface area contributed by atoms with Crippen molar-refractivity contribution in [2.24, 2.45) is 0 Å². The molecular weight excluding hydrogens is 117 g/mol. The maximum Gasteiger partial charge on any atom is 1.00 e. The van der Waals surface area contributed by atoms with E-state index in [-0.39, 0.29) is 18.9 Å². The molecular formula is C4H4LiNOS. The quantitative estimate of drug-likeness (QED) is 0.249. The minimum Gasteiger partial charge on any atom is -0.623 e. The van der Waals surface area contributed by atoms with Crippen molar-refractivity contribution in [1.29, 1.82) is 0 Å². The van der Waals surface area contributed by atoms with Crippen LogP contribution in [0.5, 0.6) is 0 Å². The van der Waals surface area contributed by atoms with Crippen molar-refractivity contribution >= 4 is 11.8 Å². The van der Waals surface area contributed by atoms with Crippen molar-refractivity contribution in [1.82, 2.24) is 4.98 Å². The molecule has 0 saturated heterocycles. The number of aromatic nitrogens is 1. The second-order valence-corrected chi connectivity index (χ2v) is 1.71. The van der Waals surface area contributed by atoms with Gasteiger partial charge in [0.15, 0.2) is 0 Å². The Hall–Kier alpha value is 0.157. The van der Waals surface area contributed by atoms with Gasteiger partial charge < -0.3 is 9.40 Å². The number of hydrogen-bond acceptors (Lipinski definition) is 3. The van der Waals surface area contributed by atoms with Crippen molar-refractivity contribution in [2.75, 3.05) is 6.26 Å². The molecule has 1 heterocycles. The Morgan fingerprint density at radius 2 is 2.62 bits per heavy atom. The molecule has 0 aliphatic carbocycles. The third kappa shape index (κ3) is 1.95. The van der Waals surface area contributed by atoms with Gasteiger partial charge in [-0.05, 0) is 12.5 Å². The van der Waals surface area contributed by atoms with Crippen LogP contribution in [-0.4, -0.2) is 11.2 Å². The molecule has 2 nitrogen and oxygen atoms in total. The summed E-state index contributed by atoms with van der Waals surface area (Å²) < 4.78 is 4.71. The van der Waals surface area contributed by atoms with Gasteiger partial charge in [-0.25, -0.2) is 0 Å². The summed E-state index contributed by atoms with van der Waals surface area (Å²) in [6.07, 6.45) is 5.88. The van der Waals surface area contributed by atoms with Crippen molar-refractivity contribution in [3.63, 3.8) is 0 Å². The molecule has 38 valence electrons. The third-order valence-corrected chi connectivity index (χ3v) is 1.08. The summed E-state index contributed by atoms with van der Waals surface area (Å²) in [4.78, 5) is 3.78. The van der Waals surface area contributed by atoms with Crippen LogP contribution in [0.4, 0.5) is 0 Å². The van der Waals surface area contributed by atoms with Gasteiger partial charge in [0.1, 0.15) is 0 Å². The first-order valence-corrected chi connectivity index (χ1v) is 3.02. The first kappa shape index (κ1) is 8.16. The van der Waals surface area contributed by atoms with E-state index in [4.69, 9.17) is 4.42 Å².